The maximum absolute atomic E-state index is 5.81. The van der Waals surface area contributed by atoms with Crippen LogP contribution in [0.25, 0.3) is 0 Å². The van der Waals surface area contributed by atoms with Gasteiger partial charge in [-0.05, 0) is 24.7 Å². The summed E-state index contributed by atoms with van der Waals surface area (Å²) in [6.07, 6.45) is 7.11. The standard InChI is InChI=1S/C12H24O/c1-4-5-6-7-12-11(3)10(2)8-9-13-12/h10-12H,4-9H2,1-3H3. The molecule has 1 heteroatoms. The van der Waals surface area contributed by atoms with Gasteiger partial charge in [-0.2, -0.15) is 0 Å². The summed E-state index contributed by atoms with van der Waals surface area (Å²) in [4.78, 5) is 0. The highest BCUT2D eigenvalue weighted by molar-refractivity contribution is 4.75. The summed E-state index contributed by atoms with van der Waals surface area (Å²) < 4.78 is 5.81. The minimum absolute atomic E-state index is 0.551. The molecule has 13 heavy (non-hydrogen) atoms. The monoisotopic (exact) mass is 184 g/mol. The lowest BCUT2D eigenvalue weighted by Gasteiger charge is -2.34. The van der Waals surface area contributed by atoms with E-state index in [1.165, 1.54) is 32.1 Å². The largest absolute Gasteiger partial charge is 0.378 e. The molecule has 0 aromatic rings. The second kappa shape index (κ2) is 5.64. The Morgan fingerprint density at radius 3 is 2.69 bits per heavy atom. The number of unbranched alkanes of at least 4 members (excludes halogenated alkanes) is 2. The van der Waals surface area contributed by atoms with E-state index in [-0.39, 0.29) is 0 Å². The van der Waals surface area contributed by atoms with Gasteiger partial charge in [-0.15, -0.1) is 0 Å². The molecule has 0 aromatic carbocycles. The van der Waals surface area contributed by atoms with Gasteiger partial charge in [0.1, 0.15) is 0 Å². The van der Waals surface area contributed by atoms with Crippen molar-refractivity contribution in [1.29, 1.82) is 0 Å². The van der Waals surface area contributed by atoms with Gasteiger partial charge in [0.05, 0.1) is 6.10 Å². The van der Waals surface area contributed by atoms with Crippen molar-refractivity contribution in [3.05, 3.63) is 0 Å². The molecule has 0 aliphatic carbocycles. The third-order valence-corrected chi connectivity index (χ3v) is 3.48. The smallest absolute Gasteiger partial charge is 0.0603 e. The molecule has 1 saturated heterocycles. The predicted octanol–water partition coefficient (Wildman–Crippen LogP) is 3.63. The van der Waals surface area contributed by atoms with Crippen LogP contribution in [0.4, 0.5) is 0 Å². The fraction of sp³-hybridized carbons (Fsp3) is 1.00. The predicted molar refractivity (Wildman–Crippen MR) is 56.8 cm³/mol. The molecule has 0 radical (unpaired) electrons. The molecule has 0 aromatic heterocycles. The van der Waals surface area contributed by atoms with Crippen molar-refractivity contribution in [3.63, 3.8) is 0 Å². The Labute approximate surface area is 82.9 Å². The van der Waals surface area contributed by atoms with E-state index in [1.54, 1.807) is 0 Å². The molecule has 1 heterocycles. The Morgan fingerprint density at radius 2 is 2.00 bits per heavy atom. The molecule has 1 nitrogen and oxygen atoms in total. The average molecular weight is 184 g/mol. The van der Waals surface area contributed by atoms with Gasteiger partial charge < -0.3 is 4.74 Å². The van der Waals surface area contributed by atoms with Crippen LogP contribution in [0.5, 0.6) is 0 Å². The normalized spacial score (nSPS) is 34.8. The van der Waals surface area contributed by atoms with Crippen LogP contribution in [0.2, 0.25) is 0 Å². The number of hydrogen-bond donors (Lipinski definition) is 0. The molecule has 78 valence electrons. The molecule has 0 amide bonds. The molecule has 0 N–H and O–H groups in total. The van der Waals surface area contributed by atoms with Crippen molar-refractivity contribution >= 4 is 0 Å². The van der Waals surface area contributed by atoms with Gasteiger partial charge in [-0.3, -0.25) is 0 Å². The van der Waals surface area contributed by atoms with Gasteiger partial charge in [-0.1, -0.05) is 40.0 Å². The highest BCUT2D eigenvalue weighted by Crippen LogP contribution is 2.29. The van der Waals surface area contributed by atoms with Crippen molar-refractivity contribution in [2.45, 2.75) is 59.0 Å². The van der Waals surface area contributed by atoms with Crippen molar-refractivity contribution in [2.75, 3.05) is 6.61 Å². The lowest BCUT2D eigenvalue weighted by Crippen LogP contribution is -2.33. The Kier molecular flexibility index (Phi) is 4.79. The first-order valence-electron chi connectivity index (χ1n) is 5.87. The van der Waals surface area contributed by atoms with Crippen LogP contribution in [0.15, 0.2) is 0 Å². The molecule has 1 aliphatic heterocycles. The van der Waals surface area contributed by atoms with Crippen molar-refractivity contribution < 1.29 is 4.74 Å². The Bertz CT molecular complexity index is 133. The van der Waals surface area contributed by atoms with Crippen LogP contribution < -0.4 is 0 Å². The first-order chi connectivity index (χ1) is 6.25. The molecule has 1 fully saturated rings. The third kappa shape index (κ3) is 3.30. The van der Waals surface area contributed by atoms with E-state index < -0.39 is 0 Å². The molecule has 0 bridgehead atoms. The molecular formula is C12H24O. The summed E-state index contributed by atoms with van der Waals surface area (Å²) in [7, 11) is 0. The SMILES string of the molecule is CCCCCC1OCCC(C)C1C. The Balaban J connectivity index is 2.23. The van der Waals surface area contributed by atoms with Gasteiger partial charge in [-0.25, -0.2) is 0 Å². The molecule has 3 unspecified atom stereocenters. The summed E-state index contributed by atoms with van der Waals surface area (Å²) in [5, 5.41) is 0. The first-order valence-corrected chi connectivity index (χ1v) is 5.87. The summed E-state index contributed by atoms with van der Waals surface area (Å²) in [6, 6.07) is 0. The second-order valence-corrected chi connectivity index (χ2v) is 4.53. The molecule has 1 aliphatic rings. The van der Waals surface area contributed by atoms with Crippen LogP contribution in [0.3, 0.4) is 0 Å². The Hall–Kier alpha value is -0.0400. The lowest BCUT2D eigenvalue weighted by molar-refractivity contribution is -0.0507. The molecule has 1 rings (SSSR count). The molecular weight excluding hydrogens is 160 g/mol. The third-order valence-electron chi connectivity index (χ3n) is 3.48. The van der Waals surface area contributed by atoms with E-state index in [2.05, 4.69) is 20.8 Å². The minimum Gasteiger partial charge on any atom is -0.378 e. The maximum atomic E-state index is 5.81. The van der Waals surface area contributed by atoms with Crippen LogP contribution in [0.1, 0.15) is 52.9 Å². The fourth-order valence-electron chi connectivity index (χ4n) is 2.13. The topological polar surface area (TPSA) is 9.23 Å². The van der Waals surface area contributed by atoms with Gasteiger partial charge >= 0.3 is 0 Å². The minimum atomic E-state index is 0.551. The van der Waals surface area contributed by atoms with E-state index in [0.29, 0.717) is 6.10 Å². The van der Waals surface area contributed by atoms with Gasteiger partial charge in [0.2, 0.25) is 0 Å². The summed E-state index contributed by atoms with van der Waals surface area (Å²) in [5.74, 6) is 1.63. The first kappa shape index (κ1) is 11.0. The van der Waals surface area contributed by atoms with Crippen LogP contribution in [-0.2, 0) is 4.74 Å². The van der Waals surface area contributed by atoms with E-state index in [9.17, 15) is 0 Å². The van der Waals surface area contributed by atoms with Crippen molar-refractivity contribution in [1.82, 2.24) is 0 Å². The second-order valence-electron chi connectivity index (χ2n) is 4.53. The number of ether oxygens (including phenoxy) is 1. The van der Waals surface area contributed by atoms with E-state index in [1.807, 2.05) is 0 Å². The highest BCUT2D eigenvalue weighted by atomic mass is 16.5. The van der Waals surface area contributed by atoms with E-state index >= 15 is 0 Å². The van der Waals surface area contributed by atoms with Crippen LogP contribution in [0, 0.1) is 11.8 Å². The number of hydrogen-bond acceptors (Lipinski definition) is 1. The molecule has 3 atom stereocenters. The van der Waals surface area contributed by atoms with E-state index in [4.69, 9.17) is 4.74 Å². The van der Waals surface area contributed by atoms with Crippen molar-refractivity contribution in [3.8, 4) is 0 Å². The van der Waals surface area contributed by atoms with Gasteiger partial charge in [0.25, 0.3) is 0 Å². The average Bonchev–Trinajstić information content (AvgIpc) is 2.13. The van der Waals surface area contributed by atoms with E-state index in [0.717, 1.165) is 18.4 Å². The maximum Gasteiger partial charge on any atom is 0.0603 e. The Morgan fingerprint density at radius 1 is 1.23 bits per heavy atom. The fourth-order valence-corrected chi connectivity index (χ4v) is 2.13. The lowest BCUT2D eigenvalue weighted by atomic mass is 9.84. The zero-order chi connectivity index (χ0) is 9.68. The molecule has 0 saturated carbocycles. The number of rotatable bonds is 4. The summed E-state index contributed by atoms with van der Waals surface area (Å²) in [6.45, 7) is 7.95. The zero-order valence-electron chi connectivity index (χ0n) is 9.38. The van der Waals surface area contributed by atoms with Crippen LogP contribution in [-0.4, -0.2) is 12.7 Å². The zero-order valence-corrected chi connectivity index (χ0v) is 9.38. The van der Waals surface area contributed by atoms with Gasteiger partial charge in [0.15, 0.2) is 0 Å². The highest BCUT2D eigenvalue weighted by Gasteiger charge is 2.26. The van der Waals surface area contributed by atoms with Crippen LogP contribution >= 0.6 is 0 Å². The summed E-state index contributed by atoms with van der Waals surface area (Å²) in [5.41, 5.74) is 0. The molecule has 0 spiro atoms. The van der Waals surface area contributed by atoms with Crippen molar-refractivity contribution in [2.24, 2.45) is 11.8 Å². The quantitative estimate of drug-likeness (QED) is 0.606. The summed E-state index contributed by atoms with van der Waals surface area (Å²) >= 11 is 0. The van der Waals surface area contributed by atoms with Gasteiger partial charge in [0, 0.05) is 6.61 Å².